The molecule has 106 valence electrons. The average molecular weight is 255 g/mol. The Kier molecular flexibility index (Phi) is 5.42. The van der Waals surface area contributed by atoms with Gasteiger partial charge in [0.2, 0.25) is 0 Å². The van der Waals surface area contributed by atoms with Crippen LogP contribution in [-0.2, 0) is 4.74 Å². The van der Waals surface area contributed by atoms with E-state index in [0.29, 0.717) is 5.54 Å². The maximum absolute atomic E-state index is 5.41. The Hall–Kier alpha value is -0.160. The maximum atomic E-state index is 5.41. The number of nitrogens with one attached hydrogen (secondary N) is 1. The van der Waals surface area contributed by atoms with E-state index >= 15 is 0 Å². The molecule has 2 aliphatic heterocycles. The first-order valence-electron chi connectivity index (χ1n) is 7.44. The second-order valence-electron chi connectivity index (χ2n) is 6.11. The molecule has 1 N–H and O–H groups in total. The van der Waals surface area contributed by atoms with E-state index in [0.717, 1.165) is 32.8 Å². The fourth-order valence-electron chi connectivity index (χ4n) is 2.88. The molecule has 18 heavy (non-hydrogen) atoms. The molecule has 2 heterocycles. The molecule has 4 heteroatoms. The highest BCUT2D eigenvalue weighted by Gasteiger charge is 2.27. The fraction of sp³-hybridized carbons (Fsp3) is 1.00. The van der Waals surface area contributed by atoms with Crippen LogP contribution in [0.3, 0.4) is 0 Å². The summed E-state index contributed by atoms with van der Waals surface area (Å²) in [6, 6.07) is 0. The number of ether oxygens (including phenoxy) is 1. The number of nitrogens with zero attached hydrogens (tertiary/aromatic N) is 2. The predicted molar refractivity (Wildman–Crippen MR) is 75.0 cm³/mol. The minimum Gasteiger partial charge on any atom is -0.379 e. The van der Waals surface area contributed by atoms with Crippen LogP contribution in [0.2, 0.25) is 0 Å². The number of hydrogen-bond acceptors (Lipinski definition) is 4. The van der Waals surface area contributed by atoms with Gasteiger partial charge in [0, 0.05) is 31.7 Å². The smallest absolute Gasteiger partial charge is 0.0594 e. The summed E-state index contributed by atoms with van der Waals surface area (Å²) < 4.78 is 5.41. The summed E-state index contributed by atoms with van der Waals surface area (Å²) in [5.41, 5.74) is 0.333. The summed E-state index contributed by atoms with van der Waals surface area (Å²) in [6.07, 6.45) is 2.52. The van der Waals surface area contributed by atoms with Gasteiger partial charge in [-0.25, -0.2) is 0 Å². The van der Waals surface area contributed by atoms with Crippen LogP contribution in [0, 0.1) is 0 Å². The predicted octanol–water partition coefficient (Wildman–Crippen LogP) is 0.783. The van der Waals surface area contributed by atoms with E-state index in [1.165, 1.54) is 39.0 Å². The minimum atomic E-state index is 0.333. The topological polar surface area (TPSA) is 27.7 Å². The monoisotopic (exact) mass is 255 g/mol. The van der Waals surface area contributed by atoms with Crippen molar-refractivity contribution in [3.8, 4) is 0 Å². The standard InChI is InChI=1S/C14H29N3O/c1-14(2)4-6-15-5-3-7-17(14)9-8-16-10-12-18-13-11-16/h15H,3-13H2,1-2H3. The molecule has 0 aromatic rings. The summed E-state index contributed by atoms with van der Waals surface area (Å²) in [6.45, 7) is 14.8. The average Bonchev–Trinajstić information content (AvgIpc) is 2.35. The van der Waals surface area contributed by atoms with Crippen LogP contribution >= 0.6 is 0 Å². The van der Waals surface area contributed by atoms with Gasteiger partial charge in [0.25, 0.3) is 0 Å². The van der Waals surface area contributed by atoms with Gasteiger partial charge in [0.05, 0.1) is 13.2 Å². The lowest BCUT2D eigenvalue weighted by atomic mass is 9.96. The zero-order chi connectivity index (χ0) is 12.8. The molecular formula is C14H29N3O. The summed E-state index contributed by atoms with van der Waals surface area (Å²) in [5, 5.41) is 3.52. The SMILES string of the molecule is CC1(C)CCNCCCN1CCN1CCOCC1. The first-order valence-corrected chi connectivity index (χ1v) is 7.44. The highest BCUT2D eigenvalue weighted by Crippen LogP contribution is 2.20. The first-order chi connectivity index (χ1) is 8.68. The van der Waals surface area contributed by atoms with Gasteiger partial charge < -0.3 is 10.1 Å². The van der Waals surface area contributed by atoms with Crippen LogP contribution < -0.4 is 5.32 Å². The Morgan fingerprint density at radius 2 is 1.83 bits per heavy atom. The normalized spacial score (nSPS) is 27.7. The van der Waals surface area contributed by atoms with Gasteiger partial charge in [-0.1, -0.05) is 0 Å². The van der Waals surface area contributed by atoms with Crippen molar-refractivity contribution in [3.05, 3.63) is 0 Å². The molecule has 0 aromatic carbocycles. The van der Waals surface area contributed by atoms with Crippen molar-refractivity contribution >= 4 is 0 Å². The molecule has 2 aliphatic rings. The van der Waals surface area contributed by atoms with Crippen molar-refractivity contribution in [2.24, 2.45) is 0 Å². The number of rotatable bonds is 3. The largest absolute Gasteiger partial charge is 0.379 e. The molecule has 2 saturated heterocycles. The molecule has 2 fully saturated rings. The van der Waals surface area contributed by atoms with Crippen LogP contribution in [0.5, 0.6) is 0 Å². The van der Waals surface area contributed by atoms with Crippen molar-refractivity contribution in [2.45, 2.75) is 32.2 Å². The third-order valence-electron chi connectivity index (χ3n) is 4.34. The Bertz CT molecular complexity index is 239. The van der Waals surface area contributed by atoms with E-state index < -0.39 is 0 Å². The quantitative estimate of drug-likeness (QED) is 0.807. The molecule has 0 aliphatic carbocycles. The van der Waals surface area contributed by atoms with E-state index in [1.54, 1.807) is 0 Å². The molecular weight excluding hydrogens is 226 g/mol. The molecule has 0 atom stereocenters. The molecule has 0 unspecified atom stereocenters. The van der Waals surface area contributed by atoms with Crippen molar-refractivity contribution in [1.29, 1.82) is 0 Å². The van der Waals surface area contributed by atoms with Crippen LogP contribution in [-0.4, -0.2) is 74.4 Å². The van der Waals surface area contributed by atoms with Gasteiger partial charge >= 0.3 is 0 Å². The van der Waals surface area contributed by atoms with Crippen molar-refractivity contribution in [1.82, 2.24) is 15.1 Å². The van der Waals surface area contributed by atoms with Gasteiger partial charge in [-0.2, -0.15) is 0 Å². The summed E-state index contributed by atoms with van der Waals surface area (Å²) >= 11 is 0. The Morgan fingerprint density at radius 1 is 1.06 bits per heavy atom. The summed E-state index contributed by atoms with van der Waals surface area (Å²) in [5.74, 6) is 0. The lowest BCUT2D eigenvalue weighted by Crippen LogP contribution is -2.51. The lowest BCUT2D eigenvalue weighted by Gasteiger charge is -2.41. The summed E-state index contributed by atoms with van der Waals surface area (Å²) in [4.78, 5) is 5.22. The molecule has 2 rings (SSSR count). The van der Waals surface area contributed by atoms with Gasteiger partial charge in [-0.3, -0.25) is 9.80 Å². The Labute approximate surface area is 112 Å². The molecule has 4 nitrogen and oxygen atoms in total. The highest BCUT2D eigenvalue weighted by atomic mass is 16.5. The molecule has 0 spiro atoms. The maximum Gasteiger partial charge on any atom is 0.0594 e. The fourth-order valence-corrected chi connectivity index (χ4v) is 2.88. The van der Waals surface area contributed by atoms with Crippen molar-refractivity contribution in [3.63, 3.8) is 0 Å². The molecule has 0 radical (unpaired) electrons. The Morgan fingerprint density at radius 3 is 2.61 bits per heavy atom. The van der Waals surface area contributed by atoms with Gasteiger partial charge in [-0.15, -0.1) is 0 Å². The van der Waals surface area contributed by atoms with E-state index in [4.69, 9.17) is 4.74 Å². The second kappa shape index (κ2) is 6.85. The van der Waals surface area contributed by atoms with E-state index in [9.17, 15) is 0 Å². The van der Waals surface area contributed by atoms with Crippen molar-refractivity contribution in [2.75, 3.05) is 59.0 Å². The Balaban J connectivity index is 1.80. The minimum absolute atomic E-state index is 0.333. The zero-order valence-electron chi connectivity index (χ0n) is 12.1. The van der Waals surface area contributed by atoms with Crippen LogP contribution in [0.1, 0.15) is 26.7 Å². The third-order valence-corrected chi connectivity index (χ3v) is 4.34. The molecule has 0 aromatic heterocycles. The molecule has 0 amide bonds. The first kappa shape index (κ1) is 14.3. The van der Waals surface area contributed by atoms with Crippen LogP contribution in [0.25, 0.3) is 0 Å². The third kappa shape index (κ3) is 4.19. The van der Waals surface area contributed by atoms with Crippen LogP contribution in [0.4, 0.5) is 0 Å². The van der Waals surface area contributed by atoms with Gasteiger partial charge in [-0.05, 0) is 46.3 Å². The summed E-state index contributed by atoms with van der Waals surface area (Å²) in [7, 11) is 0. The van der Waals surface area contributed by atoms with Gasteiger partial charge in [0.15, 0.2) is 0 Å². The molecule has 0 saturated carbocycles. The molecule has 0 bridgehead atoms. The lowest BCUT2D eigenvalue weighted by molar-refractivity contribution is 0.0229. The van der Waals surface area contributed by atoms with Crippen LogP contribution in [0.15, 0.2) is 0 Å². The second-order valence-corrected chi connectivity index (χ2v) is 6.11. The number of hydrogen-bond donors (Lipinski definition) is 1. The number of morpholine rings is 1. The van der Waals surface area contributed by atoms with E-state index in [-0.39, 0.29) is 0 Å². The van der Waals surface area contributed by atoms with Gasteiger partial charge in [0.1, 0.15) is 0 Å². The van der Waals surface area contributed by atoms with E-state index in [1.807, 2.05) is 0 Å². The zero-order valence-corrected chi connectivity index (χ0v) is 12.1. The van der Waals surface area contributed by atoms with E-state index in [2.05, 4.69) is 29.0 Å². The van der Waals surface area contributed by atoms with Crippen molar-refractivity contribution < 1.29 is 4.74 Å². The highest BCUT2D eigenvalue weighted by molar-refractivity contribution is 4.84.